The number of hydrogen-bond acceptors (Lipinski definition) is 2. The Morgan fingerprint density at radius 2 is 1.94 bits per heavy atom. The van der Waals surface area contributed by atoms with Crippen molar-refractivity contribution in [3.05, 3.63) is 35.5 Å². The van der Waals surface area contributed by atoms with Gasteiger partial charge in [-0.1, -0.05) is 50.6 Å². The number of H-pyrrole nitrogens is 1. The van der Waals surface area contributed by atoms with Gasteiger partial charge in [-0.3, -0.25) is 5.10 Å². The quantitative estimate of drug-likeness (QED) is 0.863. The summed E-state index contributed by atoms with van der Waals surface area (Å²) in [6, 6.07) is 8.38. The predicted molar refractivity (Wildman–Crippen MR) is 76.4 cm³/mol. The third-order valence-electron chi connectivity index (χ3n) is 3.58. The standard InChI is InChI=1S/C15H21N3/c1-9(2)11(4)14-13(15(16)18-17-14)12-7-5-6-10(3)8-12/h5-9,11H,1-4H3,(H3,16,17,18). The van der Waals surface area contributed by atoms with Crippen LogP contribution < -0.4 is 5.73 Å². The maximum absolute atomic E-state index is 6.02. The molecular weight excluding hydrogens is 222 g/mol. The average Bonchev–Trinajstić information content (AvgIpc) is 2.70. The summed E-state index contributed by atoms with van der Waals surface area (Å²) >= 11 is 0. The van der Waals surface area contributed by atoms with Crippen molar-refractivity contribution in [2.75, 3.05) is 5.73 Å². The molecule has 0 saturated carbocycles. The van der Waals surface area contributed by atoms with Crippen molar-refractivity contribution < 1.29 is 0 Å². The summed E-state index contributed by atoms with van der Waals surface area (Å²) < 4.78 is 0. The van der Waals surface area contributed by atoms with Crippen molar-refractivity contribution in [3.63, 3.8) is 0 Å². The minimum Gasteiger partial charge on any atom is -0.382 e. The van der Waals surface area contributed by atoms with E-state index in [1.54, 1.807) is 0 Å². The van der Waals surface area contributed by atoms with E-state index in [0.717, 1.165) is 16.8 Å². The molecule has 0 radical (unpaired) electrons. The van der Waals surface area contributed by atoms with Gasteiger partial charge in [0.1, 0.15) is 0 Å². The molecule has 18 heavy (non-hydrogen) atoms. The van der Waals surface area contributed by atoms with E-state index in [0.29, 0.717) is 17.7 Å². The molecule has 1 aromatic carbocycles. The van der Waals surface area contributed by atoms with Gasteiger partial charge in [-0.05, 0) is 18.4 Å². The first-order valence-corrected chi connectivity index (χ1v) is 6.41. The number of aromatic amines is 1. The van der Waals surface area contributed by atoms with Crippen LogP contribution in [0, 0.1) is 12.8 Å². The number of nitrogen functional groups attached to an aromatic ring is 1. The van der Waals surface area contributed by atoms with Crippen LogP contribution in [0.15, 0.2) is 24.3 Å². The average molecular weight is 243 g/mol. The molecule has 3 nitrogen and oxygen atoms in total. The van der Waals surface area contributed by atoms with Crippen LogP contribution in [0.3, 0.4) is 0 Å². The molecule has 0 aliphatic heterocycles. The van der Waals surface area contributed by atoms with Crippen molar-refractivity contribution in [3.8, 4) is 11.1 Å². The Labute approximate surface area is 108 Å². The number of anilines is 1. The molecule has 1 atom stereocenters. The zero-order valence-electron chi connectivity index (χ0n) is 11.5. The first-order valence-electron chi connectivity index (χ1n) is 6.41. The maximum Gasteiger partial charge on any atom is 0.153 e. The zero-order valence-corrected chi connectivity index (χ0v) is 11.5. The highest BCUT2D eigenvalue weighted by Gasteiger charge is 2.20. The van der Waals surface area contributed by atoms with Gasteiger partial charge in [0, 0.05) is 17.2 Å². The molecule has 96 valence electrons. The molecule has 0 amide bonds. The summed E-state index contributed by atoms with van der Waals surface area (Å²) in [4.78, 5) is 0. The fourth-order valence-corrected chi connectivity index (χ4v) is 2.14. The van der Waals surface area contributed by atoms with Crippen molar-refractivity contribution in [1.82, 2.24) is 10.2 Å². The molecule has 0 aliphatic rings. The lowest BCUT2D eigenvalue weighted by Gasteiger charge is -2.16. The Balaban J connectivity index is 2.53. The molecule has 0 aliphatic carbocycles. The van der Waals surface area contributed by atoms with Crippen LogP contribution in [0.4, 0.5) is 5.82 Å². The SMILES string of the molecule is Cc1cccc(-c2c(N)n[nH]c2C(C)C(C)C)c1. The normalized spacial score (nSPS) is 12.9. The van der Waals surface area contributed by atoms with Gasteiger partial charge in [0.05, 0.1) is 0 Å². The minimum atomic E-state index is 0.408. The van der Waals surface area contributed by atoms with Gasteiger partial charge < -0.3 is 5.73 Å². The molecule has 1 unspecified atom stereocenters. The number of aromatic nitrogens is 2. The van der Waals surface area contributed by atoms with Crippen molar-refractivity contribution in [2.24, 2.45) is 5.92 Å². The van der Waals surface area contributed by atoms with Crippen LogP contribution in [0.5, 0.6) is 0 Å². The predicted octanol–water partition coefficient (Wildman–Crippen LogP) is 3.73. The number of nitrogens with one attached hydrogen (secondary N) is 1. The Morgan fingerprint density at radius 1 is 1.22 bits per heavy atom. The van der Waals surface area contributed by atoms with E-state index in [1.165, 1.54) is 5.56 Å². The number of rotatable bonds is 3. The van der Waals surface area contributed by atoms with E-state index in [1.807, 2.05) is 0 Å². The second kappa shape index (κ2) is 4.84. The highest BCUT2D eigenvalue weighted by atomic mass is 15.2. The largest absolute Gasteiger partial charge is 0.382 e. The molecule has 1 aromatic heterocycles. The van der Waals surface area contributed by atoms with Crippen LogP contribution in [-0.2, 0) is 0 Å². The van der Waals surface area contributed by atoms with Crippen molar-refractivity contribution >= 4 is 5.82 Å². The van der Waals surface area contributed by atoms with Crippen LogP contribution in [-0.4, -0.2) is 10.2 Å². The molecule has 3 N–H and O–H groups in total. The minimum absolute atomic E-state index is 0.408. The van der Waals surface area contributed by atoms with E-state index in [-0.39, 0.29) is 0 Å². The Bertz CT molecular complexity index is 540. The third-order valence-corrected chi connectivity index (χ3v) is 3.58. The smallest absolute Gasteiger partial charge is 0.153 e. The van der Waals surface area contributed by atoms with E-state index in [9.17, 15) is 0 Å². The second-order valence-corrected chi connectivity index (χ2v) is 5.30. The van der Waals surface area contributed by atoms with Gasteiger partial charge in [0.15, 0.2) is 5.82 Å². The van der Waals surface area contributed by atoms with Crippen LogP contribution >= 0.6 is 0 Å². The fourth-order valence-electron chi connectivity index (χ4n) is 2.14. The lowest BCUT2D eigenvalue weighted by atomic mass is 9.90. The van der Waals surface area contributed by atoms with Crippen molar-refractivity contribution in [1.29, 1.82) is 0 Å². The summed E-state index contributed by atoms with van der Waals surface area (Å²) in [6.07, 6.45) is 0. The Kier molecular flexibility index (Phi) is 3.41. The summed E-state index contributed by atoms with van der Waals surface area (Å²) in [5.74, 6) is 1.54. The van der Waals surface area contributed by atoms with Crippen molar-refractivity contribution in [2.45, 2.75) is 33.6 Å². The van der Waals surface area contributed by atoms with Gasteiger partial charge >= 0.3 is 0 Å². The van der Waals surface area contributed by atoms with Gasteiger partial charge in [-0.2, -0.15) is 5.10 Å². The second-order valence-electron chi connectivity index (χ2n) is 5.30. The summed E-state index contributed by atoms with van der Waals surface area (Å²) in [5.41, 5.74) is 10.6. The molecule has 2 aromatic rings. The monoisotopic (exact) mass is 243 g/mol. The molecule has 2 rings (SSSR count). The number of benzene rings is 1. The molecule has 0 saturated heterocycles. The van der Waals surface area contributed by atoms with E-state index in [2.05, 4.69) is 62.2 Å². The highest BCUT2D eigenvalue weighted by molar-refractivity contribution is 5.77. The zero-order chi connectivity index (χ0) is 13.3. The van der Waals surface area contributed by atoms with E-state index < -0.39 is 0 Å². The fraction of sp³-hybridized carbons (Fsp3) is 0.400. The van der Waals surface area contributed by atoms with Gasteiger partial charge in [0.2, 0.25) is 0 Å². The number of hydrogen-bond donors (Lipinski definition) is 2. The number of aryl methyl sites for hydroxylation is 1. The van der Waals surface area contributed by atoms with Crippen LogP contribution in [0.2, 0.25) is 0 Å². The third kappa shape index (κ3) is 2.26. The molecule has 0 fully saturated rings. The van der Waals surface area contributed by atoms with Gasteiger partial charge in [-0.25, -0.2) is 0 Å². The number of nitrogens with zero attached hydrogens (tertiary/aromatic N) is 1. The molecule has 0 bridgehead atoms. The summed E-state index contributed by atoms with van der Waals surface area (Å²) in [5, 5.41) is 7.28. The number of nitrogens with two attached hydrogens (primary N) is 1. The lowest BCUT2D eigenvalue weighted by molar-refractivity contribution is 0.523. The molecular formula is C15H21N3. The first-order chi connectivity index (χ1) is 8.50. The first kappa shape index (κ1) is 12.7. The Hall–Kier alpha value is -1.77. The van der Waals surface area contributed by atoms with E-state index >= 15 is 0 Å². The molecule has 3 heteroatoms. The van der Waals surface area contributed by atoms with Gasteiger partial charge in [-0.15, -0.1) is 0 Å². The maximum atomic E-state index is 6.02. The van der Waals surface area contributed by atoms with Gasteiger partial charge in [0.25, 0.3) is 0 Å². The summed E-state index contributed by atoms with van der Waals surface area (Å²) in [6.45, 7) is 8.71. The lowest BCUT2D eigenvalue weighted by Crippen LogP contribution is -2.04. The summed E-state index contributed by atoms with van der Waals surface area (Å²) in [7, 11) is 0. The molecule has 1 heterocycles. The molecule has 0 spiro atoms. The van der Waals surface area contributed by atoms with Crippen LogP contribution in [0.25, 0.3) is 11.1 Å². The topological polar surface area (TPSA) is 54.7 Å². The Morgan fingerprint density at radius 3 is 2.56 bits per heavy atom. The highest BCUT2D eigenvalue weighted by Crippen LogP contribution is 2.35. The van der Waals surface area contributed by atoms with E-state index in [4.69, 9.17) is 5.73 Å². The van der Waals surface area contributed by atoms with Crippen LogP contribution in [0.1, 0.15) is 37.9 Å².